The predicted octanol–water partition coefficient (Wildman–Crippen LogP) is 1.66. The predicted molar refractivity (Wildman–Crippen MR) is 62.2 cm³/mol. The molecule has 84 valence electrons. The van der Waals surface area contributed by atoms with Crippen LogP contribution in [-0.2, 0) is 6.42 Å². The normalized spacial score (nSPS) is 12.4. The van der Waals surface area contributed by atoms with Crippen molar-refractivity contribution in [3.05, 3.63) is 48.0 Å². The van der Waals surface area contributed by atoms with Gasteiger partial charge in [0, 0.05) is 6.20 Å². The number of hydrogen-bond donors (Lipinski definition) is 2. The first-order valence-electron chi connectivity index (χ1n) is 5.17. The molecule has 0 aliphatic heterocycles. The van der Waals surface area contributed by atoms with Gasteiger partial charge in [-0.15, -0.1) is 0 Å². The number of nitrogens with one attached hydrogen (secondary N) is 1. The van der Waals surface area contributed by atoms with E-state index < -0.39 is 0 Å². The Morgan fingerprint density at radius 1 is 1.44 bits per heavy atom. The summed E-state index contributed by atoms with van der Waals surface area (Å²) in [4.78, 5) is 6.98. The minimum absolute atomic E-state index is 0.0844. The van der Waals surface area contributed by atoms with Crippen LogP contribution in [0.2, 0.25) is 0 Å². The Balaban J connectivity index is 2.14. The highest BCUT2D eigenvalue weighted by Crippen LogP contribution is 2.22. The third-order valence-corrected chi connectivity index (χ3v) is 2.55. The molecule has 0 amide bonds. The summed E-state index contributed by atoms with van der Waals surface area (Å²) >= 11 is 0. The number of aromatic amines is 1. The SMILES string of the molecule is COc1ccccc1CC(N)c1cnc[nH]1. The lowest BCUT2D eigenvalue weighted by atomic mass is 10.0. The summed E-state index contributed by atoms with van der Waals surface area (Å²) in [5, 5.41) is 0. The van der Waals surface area contributed by atoms with Crippen molar-refractivity contribution < 1.29 is 4.74 Å². The number of benzene rings is 1. The second-order valence-corrected chi connectivity index (χ2v) is 3.63. The van der Waals surface area contributed by atoms with Gasteiger partial charge in [-0.25, -0.2) is 4.98 Å². The molecule has 4 nitrogen and oxygen atoms in total. The van der Waals surface area contributed by atoms with Crippen LogP contribution in [0.3, 0.4) is 0 Å². The van der Waals surface area contributed by atoms with Crippen LogP contribution in [0, 0.1) is 0 Å². The first kappa shape index (κ1) is 10.7. The van der Waals surface area contributed by atoms with Gasteiger partial charge in [-0.05, 0) is 18.1 Å². The summed E-state index contributed by atoms with van der Waals surface area (Å²) in [6, 6.07) is 7.81. The van der Waals surface area contributed by atoms with Gasteiger partial charge in [0.1, 0.15) is 5.75 Å². The molecule has 0 radical (unpaired) electrons. The molecule has 3 N–H and O–H groups in total. The highest BCUT2D eigenvalue weighted by Gasteiger charge is 2.11. The molecule has 1 aromatic heterocycles. The van der Waals surface area contributed by atoms with E-state index in [4.69, 9.17) is 10.5 Å². The Kier molecular flexibility index (Phi) is 3.22. The zero-order valence-electron chi connectivity index (χ0n) is 9.18. The quantitative estimate of drug-likeness (QED) is 0.818. The van der Waals surface area contributed by atoms with Gasteiger partial charge in [0.25, 0.3) is 0 Å². The first-order valence-corrected chi connectivity index (χ1v) is 5.17. The third kappa shape index (κ3) is 2.23. The number of nitrogens with two attached hydrogens (primary N) is 1. The number of imidazole rings is 1. The van der Waals surface area contributed by atoms with Gasteiger partial charge in [0.05, 0.1) is 25.2 Å². The Morgan fingerprint density at radius 3 is 2.94 bits per heavy atom. The average Bonchev–Trinajstić information content (AvgIpc) is 2.83. The summed E-state index contributed by atoms with van der Waals surface area (Å²) < 4.78 is 5.28. The van der Waals surface area contributed by atoms with E-state index >= 15 is 0 Å². The van der Waals surface area contributed by atoms with Crippen molar-refractivity contribution in [1.29, 1.82) is 0 Å². The van der Waals surface area contributed by atoms with Crippen molar-refractivity contribution in [3.8, 4) is 5.75 Å². The van der Waals surface area contributed by atoms with E-state index in [1.165, 1.54) is 0 Å². The fourth-order valence-electron chi connectivity index (χ4n) is 1.69. The molecule has 0 bridgehead atoms. The monoisotopic (exact) mass is 217 g/mol. The number of para-hydroxylation sites is 1. The van der Waals surface area contributed by atoms with Gasteiger partial charge in [0.15, 0.2) is 0 Å². The third-order valence-electron chi connectivity index (χ3n) is 2.55. The van der Waals surface area contributed by atoms with E-state index in [2.05, 4.69) is 9.97 Å². The zero-order valence-corrected chi connectivity index (χ0v) is 9.18. The van der Waals surface area contributed by atoms with Gasteiger partial charge in [0.2, 0.25) is 0 Å². The Morgan fingerprint density at radius 2 is 2.25 bits per heavy atom. The molecule has 0 aliphatic carbocycles. The first-order chi connectivity index (χ1) is 7.81. The van der Waals surface area contributed by atoms with Gasteiger partial charge in [-0.3, -0.25) is 0 Å². The second-order valence-electron chi connectivity index (χ2n) is 3.63. The highest BCUT2D eigenvalue weighted by molar-refractivity contribution is 5.34. The molecule has 2 rings (SSSR count). The molecule has 2 aromatic rings. The van der Waals surface area contributed by atoms with Gasteiger partial charge in [-0.2, -0.15) is 0 Å². The smallest absolute Gasteiger partial charge is 0.122 e. The van der Waals surface area contributed by atoms with E-state index in [0.717, 1.165) is 23.4 Å². The Hall–Kier alpha value is -1.81. The number of hydrogen-bond acceptors (Lipinski definition) is 3. The molecule has 0 fully saturated rings. The number of rotatable bonds is 4. The lowest BCUT2D eigenvalue weighted by molar-refractivity contribution is 0.408. The maximum atomic E-state index is 6.07. The molecule has 1 heterocycles. The topological polar surface area (TPSA) is 63.9 Å². The maximum absolute atomic E-state index is 6.07. The largest absolute Gasteiger partial charge is 0.496 e. The minimum atomic E-state index is -0.0844. The van der Waals surface area contributed by atoms with Crippen LogP contribution >= 0.6 is 0 Å². The molecule has 1 unspecified atom stereocenters. The van der Waals surface area contributed by atoms with Gasteiger partial charge < -0.3 is 15.5 Å². The fourth-order valence-corrected chi connectivity index (χ4v) is 1.69. The number of ether oxygens (including phenoxy) is 1. The fraction of sp³-hybridized carbons (Fsp3) is 0.250. The minimum Gasteiger partial charge on any atom is -0.496 e. The number of H-pyrrole nitrogens is 1. The molecular weight excluding hydrogens is 202 g/mol. The molecule has 0 aliphatic rings. The number of aromatic nitrogens is 2. The molecule has 16 heavy (non-hydrogen) atoms. The van der Waals surface area contributed by atoms with E-state index in [-0.39, 0.29) is 6.04 Å². The lowest BCUT2D eigenvalue weighted by Gasteiger charge is -2.12. The van der Waals surface area contributed by atoms with Crippen LogP contribution in [0.15, 0.2) is 36.8 Å². The number of methoxy groups -OCH3 is 1. The average molecular weight is 217 g/mol. The van der Waals surface area contributed by atoms with Gasteiger partial charge >= 0.3 is 0 Å². The van der Waals surface area contributed by atoms with E-state index in [0.29, 0.717) is 0 Å². The lowest BCUT2D eigenvalue weighted by Crippen LogP contribution is -2.14. The van der Waals surface area contributed by atoms with Crippen LogP contribution in [-0.4, -0.2) is 17.1 Å². The summed E-state index contributed by atoms with van der Waals surface area (Å²) in [5.74, 6) is 0.873. The van der Waals surface area contributed by atoms with Crippen molar-refractivity contribution in [2.24, 2.45) is 5.73 Å². The Labute approximate surface area is 94.5 Å². The Bertz CT molecular complexity index is 439. The summed E-state index contributed by atoms with van der Waals surface area (Å²) in [6.45, 7) is 0. The van der Waals surface area contributed by atoms with Crippen molar-refractivity contribution in [2.75, 3.05) is 7.11 Å². The van der Waals surface area contributed by atoms with E-state index in [1.807, 2.05) is 24.3 Å². The maximum Gasteiger partial charge on any atom is 0.122 e. The molecule has 0 saturated heterocycles. The van der Waals surface area contributed by atoms with Crippen molar-refractivity contribution in [2.45, 2.75) is 12.5 Å². The van der Waals surface area contributed by atoms with E-state index in [1.54, 1.807) is 19.6 Å². The molecular formula is C12H15N3O. The summed E-state index contributed by atoms with van der Waals surface area (Å²) in [7, 11) is 1.67. The van der Waals surface area contributed by atoms with Crippen molar-refractivity contribution in [1.82, 2.24) is 9.97 Å². The highest BCUT2D eigenvalue weighted by atomic mass is 16.5. The summed E-state index contributed by atoms with van der Waals surface area (Å²) in [6.07, 6.45) is 4.11. The van der Waals surface area contributed by atoms with Crippen molar-refractivity contribution >= 4 is 0 Å². The van der Waals surface area contributed by atoms with Crippen LogP contribution in [0.1, 0.15) is 17.3 Å². The second kappa shape index (κ2) is 4.81. The molecule has 4 heteroatoms. The van der Waals surface area contributed by atoms with E-state index in [9.17, 15) is 0 Å². The van der Waals surface area contributed by atoms with Crippen LogP contribution < -0.4 is 10.5 Å². The molecule has 0 spiro atoms. The molecule has 1 atom stereocenters. The van der Waals surface area contributed by atoms with Crippen molar-refractivity contribution in [3.63, 3.8) is 0 Å². The van der Waals surface area contributed by atoms with Crippen LogP contribution in [0.5, 0.6) is 5.75 Å². The standard InChI is InChI=1S/C12H15N3O/c1-16-12-5-3-2-4-9(12)6-10(13)11-7-14-8-15-11/h2-5,7-8,10H,6,13H2,1H3,(H,14,15). The zero-order chi connectivity index (χ0) is 11.4. The summed E-state index contributed by atoms with van der Waals surface area (Å²) in [5.41, 5.74) is 8.11. The molecule has 1 aromatic carbocycles. The molecule has 0 saturated carbocycles. The van der Waals surface area contributed by atoms with Crippen LogP contribution in [0.25, 0.3) is 0 Å². The number of nitrogens with zero attached hydrogens (tertiary/aromatic N) is 1. The van der Waals surface area contributed by atoms with Crippen LogP contribution in [0.4, 0.5) is 0 Å². The van der Waals surface area contributed by atoms with Gasteiger partial charge in [-0.1, -0.05) is 18.2 Å².